The molecule has 0 bridgehead atoms. The Balaban J connectivity index is 1.50. The van der Waals surface area contributed by atoms with Gasteiger partial charge in [0.15, 0.2) is 0 Å². The molecule has 120 valence electrons. The van der Waals surface area contributed by atoms with Gasteiger partial charge in [0, 0.05) is 25.7 Å². The first kappa shape index (κ1) is 15.7. The average Bonchev–Trinajstić information content (AvgIpc) is 3.02. The van der Waals surface area contributed by atoms with Crippen molar-refractivity contribution >= 4 is 5.91 Å². The summed E-state index contributed by atoms with van der Waals surface area (Å²) in [5.41, 5.74) is 8.21. The SMILES string of the molecule is NC(C(=O)NC1CCN(Cc2ccccc2)C1)c1ccccc1. The van der Waals surface area contributed by atoms with Gasteiger partial charge >= 0.3 is 0 Å². The van der Waals surface area contributed by atoms with Gasteiger partial charge in [-0.05, 0) is 17.5 Å². The molecule has 0 spiro atoms. The van der Waals surface area contributed by atoms with E-state index in [0.29, 0.717) is 0 Å². The van der Waals surface area contributed by atoms with Crippen molar-refractivity contribution in [1.82, 2.24) is 10.2 Å². The zero-order valence-corrected chi connectivity index (χ0v) is 13.2. The molecular formula is C19H23N3O. The number of nitrogens with two attached hydrogens (primary N) is 1. The monoisotopic (exact) mass is 309 g/mol. The molecule has 2 aromatic carbocycles. The van der Waals surface area contributed by atoms with Crippen molar-refractivity contribution in [2.45, 2.75) is 25.0 Å². The molecule has 0 aliphatic carbocycles. The van der Waals surface area contributed by atoms with E-state index in [2.05, 4.69) is 34.5 Å². The Morgan fingerprint density at radius 1 is 1.13 bits per heavy atom. The maximum atomic E-state index is 12.3. The van der Waals surface area contributed by atoms with Gasteiger partial charge in [0.25, 0.3) is 0 Å². The molecule has 1 aliphatic heterocycles. The molecular weight excluding hydrogens is 286 g/mol. The van der Waals surface area contributed by atoms with Crippen molar-refractivity contribution in [2.75, 3.05) is 13.1 Å². The summed E-state index contributed by atoms with van der Waals surface area (Å²) in [7, 11) is 0. The zero-order chi connectivity index (χ0) is 16.1. The molecule has 3 N–H and O–H groups in total. The van der Waals surface area contributed by atoms with E-state index < -0.39 is 6.04 Å². The lowest BCUT2D eigenvalue weighted by molar-refractivity contribution is -0.123. The van der Waals surface area contributed by atoms with Crippen molar-refractivity contribution in [3.05, 3.63) is 71.8 Å². The molecule has 4 heteroatoms. The number of nitrogens with one attached hydrogen (secondary N) is 1. The highest BCUT2D eigenvalue weighted by Crippen LogP contribution is 2.15. The van der Waals surface area contributed by atoms with Crippen LogP contribution in [0, 0.1) is 0 Å². The van der Waals surface area contributed by atoms with Crippen molar-refractivity contribution in [2.24, 2.45) is 5.73 Å². The van der Waals surface area contributed by atoms with E-state index in [1.54, 1.807) is 0 Å². The molecule has 3 rings (SSSR count). The molecule has 2 aromatic rings. The lowest BCUT2D eigenvalue weighted by atomic mass is 10.1. The molecule has 0 aromatic heterocycles. The van der Waals surface area contributed by atoms with E-state index in [9.17, 15) is 4.79 Å². The van der Waals surface area contributed by atoms with Crippen LogP contribution in [0.25, 0.3) is 0 Å². The van der Waals surface area contributed by atoms with Crippen molar-refractivity contribution < 1.29 is 4.79 Å². The second-order valence-electron chi connectivity index (χ2n) is 6.10. The third kappa shape index (κ3) is 4.18. The van der Waals surface area contributed by atoms with Gasteiger partial charge in [-0.3, -0.25) is 9.69 Å². The molecule has 23 heavy (non-hydrogen) atoms. The van der Waals surface area contributed by atoms with Gasteiger partial charge in [-0.25, -0.2) is 0 Å². The minimum atomic E-state index is -0.598. The summed E-state index contributed by atoms with van der Waals surface area (Å²) in [4.78, 5) is 14.7. The topological polar surface area (TPSA) is 58.4 Å². The Morgan fingerprint density at radius 2 is 1.78 bits per heavy atom. The molecule has 0 radical (unpaired) electrons. The first-order valence-electron chi connectivity index (χ1n) is 8.09. The molecule has 2 atom stereocenters. The average molecular weight is 309 g/mol. The van der Waals surface area contributed by atoms with Crippen LogP contribution in [0.1, 0.15) is 23.6 Å². The summed E-state index contributed by atoms with van der Waals surface area (Å²) in [6, 6.07) is 19.5. The fourth-order valence-electron chi connectivity index (χ4n) is 3.04. The minimum Gasteiger partial charge on any atom is -0.350 e. The third-order valence-corrected chi connectivity index (χ3v) is 4.31. The summed E-state index contributed by atoms with van der Waals surface area (Å²) in [5, 5.41) is 3.09. The summed E-state index contributed by atoms with van der Waals surface area (Å²) in [6.07, 6.45) is 0.972. The van der Waals surface area contributed by atoms with Gasteiger partial charge in [0.2, 0.25) is 5.91 Å². The molecule has 4 nitrogen and oxygen atoms in total. The standard InChI is InChI=1S/C19H23N3O/c20-18(16-9-5-2-6-10-16)19(23)21-17-11-12-22(14-17)13-15-7-3-1-4-8-15/h1-10,17-18H,11-14,20H2,(H,21,23). The van der Waals surface area contributed by atoms with E-state index in [1.807, 2.05) is 36.4 Å². The van der Waals surface area contributed by atoms with E-state index in [0.717, 1.165) is 31.6 Å². The first-order valence-corrected chi connectivity index (χ1v) is 8.09. The summed E-state index contributed by atoms with van der Waals surface area (Å²) >= 11 is 0. The Labute approximate surface area is 137 Å². The number of likely N-dealkylation sites (tertiary alicyclic amines) is 1. The van der Waals surface area contributed by atoms with Gasteiger partial charge in [-0.1, -0.05) is 60.7 Å². The van der Waals surface area contributed by atoms with Gasteiger partial charge in [-0.15, -0.1) is 0 Å². The van der Waals surface area contributed by atoms with E-state index in [-0.39, 0.29) is 11.9 Å². The number of benzene rings is 2. The van der Waals surface area contributed by atoms with Crippen LogP contribution in [-0.4, -0.2) is 29.9 Å². The Morgan fingerprint density at radius 3 is 2.48 bits per heavy atom. The lowest BCUT2D eigenvalue weighted by Crippen LogP contribution is -2.42. The summed E-state index contributed by atoms with van der Waals surface area (Å²) in [6.45, 7) is 2.81. The second kappa shape index (κ2) is 7.40. The van der Waals surface area contributed by atoms with E-state index in [4.69, 9.17) is 5.73 Å². The highest BCUT2D eigenvalue weighted by atomic mass is 16.2. The molecule has 1 fully saturated rings. The number of rotatable bonds is 5. The van der Waals surface area contributed by atoms with Crippen LogP contribution in [0.3, 0.4) is 0 Å². The maximum absolute atomic E-state index is 12.3. The van der Waals surface area contributed by atoms with Gasteiger partial charge in [-0.2, -0.15) is 0 Å². The second-order valence-corrected chi connectivity index (χ2v) is 6.10. The predicted octanol–water partition coefficient (Wildman–Crippen LogP) is 2.08. The number of carbonyl (C=O) groups excluding carboxylic acids is 1. The number of nitrogens with zero attached hydrogens (tertiary/aromatic N) is 1. The van der Waals surface area contributed by atoms with E-state index >= 15 is 0 Å². The first-order chi connectivity index (χ1) is 11.2. The van der Waals surface area contributed by atoms with Crippen molar-refractivity contribution in [3.8, 4) is 0 Å². The van der Waals surface area contributed by atoms with Crippen LogP contribution in [0.2, 0.25) is 0 Å². The molecule has 2 unspecified atom stereocenters. The number of amides is 1. The smallest absolute Gasteiger partial charge is 0.241 e. The highest BCUT2D eigenvalue weighted by molar-refractivity contribution is 5.83. The quantitative estimate of drug-likeness (QED) is 0.889. The van der Waals surface area contributed by atoms with Crippen LogP contribution in [0.5, 0.6) is 0 Å². The maximum Gasteiger partial charge on any atom is 0.241 e. The molecule has 1 amide bonds. The molecule has 1 saturated heterocycles. The predicted molar refractivity (Wildman–Crippen MR) is 91.6 cm³/mol. The summed E-state index contributed by atoms with van der Waals surface area (Å²) in [5.74, 6) is -0.0947. The van der Waals surface area contributed by atoms with Crippen LogP contribution < -0.4 is 11.1 Å². The van der Waals surface area contributed by atoms with Crippen LogP contribution in [0.4, 0.5) is 0 Å². The minimum absolute atomic E-state index is 0.0947. The molecule has 1 aliphatic rings. The number of hydrogen-bond donors (Lipinski definition) is 2. The van der Waals surface area contributed by atoms with Gasteiger partial charge in [0.1, 0.15) is 6.04 Å². The van der Waals surface area contributed by atoms with Gasteiger partial charge < -0.3 is 11.1 Å². The largest absolute Gasteiger partial charge is 0.350 e. The fraction of sp³-hybridized carbons (Fsp3) is 0.316. The Hall–Kier alpha value is -2.17. The summed E-state index contributed by atoms with van der Waals surface area (Å²) < 4.78 is 0. The number of carbonyl (C=O) groups is 1. The highest BCUT2D eigenvalue weighted by Gasteiger charge is 2.26. The van der Waals surface area contributed by atoms with Crippen molar-refractivity contribution in [3.63, 3.8) is 0 Å². The third-order valence-electron chi connectivity index (χ3n) is 4.31. The lowest BCUT2D eigenvalue weighted by Gasteiger charge is -2.19. The molecule has 0 saturated carbocycles. The van der Waals surface area contributed by atoms with Crippen molar-refractivity contribution in [1.29, 1.82) is 0 Å². The fourth-order valence-corrected chi connectivity index (χ4v) is 3.04. The van der Waals surface area contributed by atoms with Crippen LogP contribution in [-0.2, 0) is 11.3 Å². The van der Waals surface area contributed by atoms with Gasteiger partial charge in [0.05, 0.1) is 0 Å². The Bertz CT molecular complexity index is 630. The van der Waals surface area contributed by atoms with Crippen LogP contribution >= 0.6 is 0 Å². The van der Waals surface area contributed by atoms with Crippen LogP contribution in [0.15, 0.2) is 60.7 Å². The Kier molecular flexibility index (Phi) is 5.05. The number of hydrogen-bond acceptors (Lipinski definition) is 3. The molecule has 1 heterocycles. The van der Waals surface area contributed by atoms with E-state index in [1.165, 1.54) is 5.56 Å². The zero-order valence-electron chi connectivity index (χ0n) is 13.2. The normalized spacial score (nSPS) is 19.4.